The second-order valence-electron chi connectivity index (χ2n) is 4.53. The molecule has 98 valence electrons. The van der Waals surface area contributed by atoms with Crippen molar-refractivity contribution in [2.24, 2.45) is 0 Å². The molecular formula is C15H12N4S. The molecule has 0 unspecified atom stereocenters. The molecule has 0 aliphatic rings. The van der Waals surface area contributed by atoms with Gasteiger partial charge in [-0.1, -0.05) is 6.07 Å². The van der Waals surface area contributed by atoms with Crippen LogP contribution in [0.2, 0.25) is 0 Å². The Balaban J connectivity index is 1.99. The Morgan fingerprint density at radius 3 is 2.90 bits per heavy atom. The molecule has 0 spiro atoms. The third kappa shape index (κ3) is 2.33. The maximum Gasteiger partial charge on any atom is 0.171 e. The van der Waals surface area contributed by atoms with Crippen molar-refractivity contribution in [3.05, 3.63) is 47.5 Å². The van der Waals surface area contributed by atoms with Crippen LogP contribution in [-0.2, 0) is 0 Å². The van der Waals surface area contributed by atoms with E-state index in [4.69, 9.17) is 11.0 Å². The Morgan fingerprint density at radius 1 is 1.25 bits per heavy atom. The lowest BCUT2D eigenvalue weighted by Crippen LogP contribution is -1.89. The van der Waals surface area contributed by atoms with Crippen LogP contribution in [0, 0.1) is 18.3 Å². The van der Waals surface area contributed by atoms with E-state index in [1.165, 1.54) is 17.3 Å². The fourth-order valence-electron chi connectivity index (χ4n) is 1.94. The first-order valence-electron chi connectivity index (χ1n) is 6.09. The zero-order chi connectivity index (χ0) is 14.1. The number of rotatable bonds is 2. The molecule has 3 N–H and O–H groups in total. The highest BCUT2D eigenvalue weighted by atomic mass is 32.2. The van der Waals surface area contributed by atoms with Gasteiger partial charge in [0.15, 0.2) is 5.16 Å². The molecule has 1 aromatic heterocycles. The largest absolute Gasteiger partial charge is 0.398 e. The standard InChI is InChI=1S/C15H12N4S/c1-9-2-5-12-13(6-9)19-15(18-12)20-14-7-10(8-16)3-4-11(14)17/h2-7H,17H2,1H3,(H,18,19). The number of aromatic nitrogens is 2. The summed E-state index contributed by atoms with van der Waals surface area (Å²) in [6, 6.07) is 13.4. The van der Waals surface area contributed by atoms with E-state index in [1.807, 2.05) is 19.1 Å². The number of nitrogens with zero attached hydrogens (tertiary/aromatic N) is 2. The topological polar surface area (TPSA) is 78.5 Å². The molecule has 0 bridgehead atoms. The lowest BCUT2D eigenvalue weighted by Gasteiger charge is -2.02. The van der Waals surface area contributed by atoms with Crippen LogP contribution in [0.15, 0.2) is 46.5 Å². The summed E-state index contributed by atoms with van der Waals surface area (Å²) in [5.41, 5.74) is 10.3. The molecule has 0 saturated heterocycles. The number of nitrogens with one attached hydrogen (secondary N) is 1. The number of benzene rings is 2. The number of anilines is 1. The first-order valence-corrected chi connectivity index (χ1v) is 6.91. The molecule has 5 heteroatoms. The van der Waals surface area contributed by atoms with Crippen molar-refractivity contribution in [1.82, 2.24) is 9.97 Å². The SMILES string of the molecule is Cc1ccc2nc(Sc3cc(C#N)ccc3N)[nH]c2c1. The Labute approximate surface area is 120 Å². The first kappa shape index (κ1) is 12.6. The van der Waals surface area contributed by atoms with Crippen LogP contribution in [0.5, 0.6) is 0 Å². The molecule has 3 aromatic rings. The van der Waals surface area contributed by atoms with Crippen LogP contribution in [0.1, 0.15) is 11.1 Å². The molecule has 0 aliphatic carbocycles. The summed E-state index contributed by atoms with van der Waals surface area (Å²) >= 11 is 1.43. The number of hydrogen-bond donors (Lipinski definition) is 2. The van der Waals surface area contributed by atoms with E-state index >= 15 is 0 Å². The van der Waals surface area contributed by atoms with E-state index in [-0.39, 0.29) is 0 Å². The zero-order valence-electron chi connectivity index (χ0n) is 10.8. The highest BCUT2D eigenvalue weighted by Crippen LogP contribution is 2.32. The van der Waals surface area contributed by atoms with Crippen LogP contribution in [-0.4, -0.2) is 9.97 Å². The number of nitrogens with two attached hydrogens (primary N) is 1. The molecule has 3 rings (SSSR count). The van der Waals surface area contributed by atoms with Gasteiger partial charge in [0.25, 0.3) is 0 Å². The van der Waals surface area contributed by atoms with Gasteiger partial charge < -0.3 is 10.7 Å². The van der Waals surface area contributed by atoms with Crippen molar-refractivity contribution in [2.45, 2.75) is 17.0 Å². The quantitative estimate of drug-likeness (QED) is 0.704. The Kier molecular flexibility index (Phi) is 3.09. The fourth-order valence-corrected chi connectivity index (χ4v) is 2.83. The van der Waals surface area contributed by atoms with E-state index < -0.39 is 0 Å². The van der Waals surface area contributed by atoms with E-state index in [2.05, 4.69) is 22.1 Å². The molecule has 0 amide bonds. The monoisotopic (exact) mass is 280 g/mol. The van der Waals surface area contributed by atoms with E-state index in [1.54, 1.807) is 18.2 Å². The summed E-state index contributed by atoms with van der Waals surface area (Å²) in [5.74, 6) is 0. The highest BCUT2D eigenvalue weighted by Gasteiger charge is 2.08. The Morgan fingerprint density at radius 2 is 2.10 bits per heavy atom. The second kappa shape index (κ2) is 4.91. The summed E-state index contributed by atoms with van der Waals surface area (Å²) in [5, 5.41) is 9.71. The van der Waals surface area contributed by atoms with Crippen LogP contribution < -0.4 is 5.73 Å². The average molecular weight is 280 g/mol. The van der Waals surface area contributed by atoms with Gasteiger partial charge in [-0.3, -0.25) is 0 Å². The lowest BCUT2D eigenvalue weighted by atomic mass is 10.2. The summed E-state index contributed by atoms with van der Waals surface area (Å²) in [7, 11) is 0. The maximum absolute atomic E-state index is 8.94. The zero-order valence-corrected chi connectivity index (χ0v) is 11.7. The molecule has 2 aromatic carbocycles. The van der Waals surface area contributed by atoms with Gasteiger partial charge in [-0.25, -0.2) is 4.98 Å². The molecule has 20 heavy (non-hydrogen) atoms. The second-order valence-corrected chi connectivity index (χ2v) is 5.56. The summed E-state index contributed by atoms with van der Waals surface area (Å²) in [6.07, 6.45) is 0. The summed E-state index contributed by atoms with van der Waals surface area (Å²) in [6.45, 7) is 2.04. The number of fused-ring (bicyclic) bond motifs is 1. The van der Waals surface area contributed by atoms with Gasteiger partial charge in [0.1, 0.15) is 0 Å². The summed E-state index contributed by atoms with van der Waals surface area (Å²) in [4.78, 5) is 8.61. The number of nitriles is 1. The maximum atomic E-state index is 8.94. The molecular weight excluding hydrogens is 268 g/mol. The highest BCUT2D eigenvalue weighted by molar-refractivity contribution is 7.99. The van der Waals surface area contributed by atoms with Crippen LogP contribution in [0.3, 0.4) is 0 Å². The average Bonchev–Trinajstić information content (AvgIpc) is 2.82. The van der Waals surface area contributed by atoms with Crippen molar-refractivity contribution in [3.63, 3.8) is 0 Å². The predicted octanol–water partition coefficient (Wildman–Crippen LogP) is 3.48. The normalized spacial score (nSPS) is 10.6. The predicted molar refractivity (Wildman–Crippen MR) is 80.5 cm³/mol. The molecule has 1 heterocycles. The van der Waals surface area contributed by atoms with Crippen molar-refractivity contribution >= 4 is 28.5 Å². The van der Waals surface area contributed by atoms with Gasteiger partial charge in [-0.15, -0.1) is 0 Å². The third-order valence-corrected chi connectivity index (χ3v) is 3.93. The third-order valence-electron chi connectivity index (χ3n) is 2.96. The summed E-state index contributed by atoms with van der Waals surface area (Å²) < 4.78 is 0. The van der Waals surface area contributed by atoms with Gasteiger partial charge in [0, 0.05) is 10.6 Å². The van der Waals surface area contributed by atoms with Gasteiger partial charge in [-0.05, 0) is 54.6 Å². The molecule has 0 saturated carbocycles. The van der Waals surface area contributed by atoms with E-state index in [0.29, 0.717) is 11.3 Å². The Bertz CT molecular complexity index is 829. The van der Waals surface area contributed by atoms with Gasteiger partial charge in [0.2, 0.25) is 0 Å². The number of nitrogen functional groups attached to an aromatic ring is 1. The van der Waals surface area contributed by atoms with E-state index in [0.717, 1.165) is 21.1 Å². The fraction of sp³-hybridized carbons (Fsp3) is 0.0667. The minimum atomic E-state index is 0.591. The minimum absolute atomic E-state index is 0.591. The molecule has 0 aliphatic heterocycles. The van der Waals surface area contributed by atoms with Crippen LogP contribution in [0.4, 0.5) is 5.69 Å². The molecule has 4 nitrogen and oxygen atoms in total. The number of H-pyrrole nitrogens is 1. The van der Waals surface area contributed by atoms with Crippen molar-refractivity contribution in [2.75, 3.05) is 5.73 Å². The van der Waals surface area contributed by atoms with Gasteiger partial charge >= 0.3 is 0 Å². The number of aromatic amines is 1. The van der Waals surface area contributed by atoms with Gasteiger partial charge in [-0.2, -0.15) is 5.26 Å². The number of aryl methyl sites for hydroxylation is 1. The minimum Gasteiger partial charge on any atom is -0.398 e. The van der Waals surface area contributed by atoms with E-state index in [9.17, 15) is 0 Å². The van der Waals surface area contributed by atoms with Gasteiger partial charge in [0.05, 0.1) is 22.7 Å². The Hall–Kier alpha value is -2.45. The lowest BCUT2D eigenvalue weighted by molar-refractivity contribution is 1.08. The van der Waals surface area contributed by atoms with Crippen molar-refractivity contribution < 1.29 is 0 Å². The van der Waals surface area contributed by atoms with Crippen LogP contribution in [0.25, 0.3) is 11.0 Å². The molecule has 0 atom stereocenters. The molecule has 0 fully saturated rings. The number of imidazole rings is 1. The first-order chi connectivity index (χ1) is 9.65. The van der Waals surface area contributed by atoms with Crippen molar-refractivity contribution in [1.29, 1.82) is 5.26 Å². The van der Waals surface area contributed by atoms with Crippen LogP contribution >= 0.6 is 11.8 Å². The molecule has 0 radical (unpaired) electrons. The van der Waals surface area contributed by atoms with Crippen molar-refractivity contribution in [3.8, 4) is 6.07 Å². The smallest absolute Gasteiger partial charge is 0.171 e. The number of hydrogen-bond acceptors (Lipinski definition) is 4.